The number of para-hydroxylation sites is 1. The summed E-state index contributed by atoms with van der Waals surface area (Å²) in [5.41, 5.74) is 1.54. The first-order valence-corrected chi connectivity index (χ1v) is 13.0. The number of nitrogens with zero attached hydrogens (tertiary/aromatic N) is 2. The van der Waals surface area contributed by atoms with Crippen molar-refractivity contribution in [2.45, 2.75) is 56.8 Å². The van der Waals surface area contributed by atoms with Crippen LogP contribution in [-0.2, 0) is 20.7 Å². The Morgan fingerprint density at radius 2 is 2.00 bits per heavy atom. The van der Waals surface area contributed by atoms with Gasteiger partial charge in [-0.1, -0.05) is 23.7 Å². The van der Waals surface area contributed by atoms with Gasteiger partial charge in [-0.25, -0.2) is 8.78 Å². The Hall–Kier alpha value is -3.24. The monoisotopic (exact) mass is 547 g/mol. The summed E-state index contributed by atoms with van der Waals surface area (Å²) in [5, 5.41) is 12.4. The van der Waals surface area contributed by atoms with Crippen LogP contribution < -0.4 is 5.32 Å². The number of halogens is 3. The van der Waals surface area contributed by atoms with Gasteiger partial charge < -0.3 is 24.5 Å². The Morgan fingerprint density at radius 3 is 2.71 bits per heavy atom. The van der Waals surface area contributed by atoms with Crippen molar-refractivity contribution in [3.05, 3.63) is 52.8 Å². The van der Waals surface area contributed by atoms with Crippen LogP contribution in [0.4, 0.5) is 20.5 Å². The number of anilines is 2. The van der Waals surface area contributed by atoms with Crippen molar-refractivity contribution in [2.75, 3.05) is 18.5 Å². The Bertz CT molecular complexity index is 1330. The maximum absolute atomic E-state index is 14.3. The average molecular weight is 548 g/mol. The minimum atomic E-state index is -1.12. The molecule has 8 nitrogen and oxygen atoms in total. The molecule has 2 heterocycles. The number of hydrogen-bond acceptors (Lipinski definition) is 6. The second-order valence-electron chi connectivity index (χ2n) is 9.90. The van der Waals surface area contributed by atoms with E-state index in [-0.39, 0.29) is 61.6 Å². The van der Waals surface area contributed by atoms with Gasteiger partial charge in [0.2, 0.25) is 5.91 Å². The van der Waals surface area contributed by atoms with Crippen molar-refractivity contribution in [3.63, 3.8) is 0 Å². The smallest absolute Gasteiger partial charge is 0.306 e. The minimum absolute atomic E-state index is 0.0142. The number of aromatic nitrogens is 1. The number of amides is 1. The highest BCUT2D eigenvalue weighted by atomic mass is 35.5. The molecular formula is C27H28ClF2N3O5. The number of rotatable bonds is 8. The summed E-state index contributed by atoms with van der Waals surface area (Å²) < 4.78 is 39.6. The number of benzene rings is 2. The number of oxazole rings is 1. The maximum Gasteiger partial charge on any atom is 0.306 e. The molecule has 1 amide bonds. The topological polar surface area (TPSA) is 105 Å². The number of likely N-dealkylation sites (tertiary alicyclic amines) is 1. The molecule has 2 fully saturated rings. The second kappa shape index (κ2) is 11.2. The molecule has 1 saturated carbocycles. The molecule has 1 aliphatic heterocycles. The van der Waals surface area contributed by atoms with Crippen molar-refractivity contribution < 1.29 is 32.6 Å². The zero-order valence-corrected chi connectivity index (χ0v) is 21.3. The molecule has 2 atom stereocenters. The molecule has 1 aromatic heterocycles. The van der Waals surface area contributed by atoms with Crippen LogP contribution in [0.5, 0.6) is 0 Å². The van der Waals surface area contributed by atoms with Crippen molar-refractivity contribution in [2.24, 2.45) is 5.92 Å². The van der Waals surface area contributed by atoms with Crippen LogP contribution in [0.1, 0.15) is 37.7 Å². The van der Waals surface area contributed by atoms with Crippen LogP contribution in [0, 0.1) is 11.7 Å². The first-order valence-electron chi connectivity index (χ1n) is 12.6. The number of alkyl halides is 1. The van der Waals surface area contributed by atoms with Gasteiger partial charge in [0, 0.05) is 6.42 Å². The van der Waals surface area contributed by atoms with Gasteiger partial charge in [-0.3, -0.25) is 9.59 Å². The summed E-state index contributed by atoms with van der Waals surface area (Å²) in [5.74, 6) is -1.85. The summed E-state index contributed by atoms with van der Waals surface area (Å²) in [6, 6.07) is 9.21. The third-order valence-corrected chi connectivity index (χ3v) is 7.54. The molecule has 0 unspecified atom stereocenters. The summed E-state index contributed by atoms with van der Waals surface area (Å²) in [6.45, 7) is 0.240. The molecule has 5 rings (SSSR count). The number of carboxylic acid groups (broad SMARTS) is 1. The van der Waals surface area contributed by atoms with E-state index in [2.05, 4.69) is 10.3 Å². The molecule has 0 spiro atoms. The average Bonchev–Trinajstić information content (AvgIpc) is 3.48. The molecule has 0 radical (unpaired) electrons. The Labute approximate surface area is 222 Å². The van der Waals surface area contributed by atoms with Crippen LogP contribution in [-0.4, -0.2) is 58.3 Å². The maximum atomic E-state index is 14.3. The lowest BCUT2D eigenvalue weighted by Crippen LogP contribution is -2.40. The van der Waals surface area contributed by atoms with Gasteiger partial charge in [0.1, 0.15) is 11.7 Å². The van der Waals surface area contributed by atoms with Crippen LogP contribution in [0.15, 0.2) is 40.8 Å². The zero-order chi connectivity index (χ0) is 26.8. The highest BCUT2D eigenvalue weighted by Crippen LogP contribution is 2.31. The predicted molar refractivity (Wildman–Crippen MR) is 137 cm³/mol. The molecule has 3 aromatic rings. The van der Waals surface area contributed by atoms with Crippen LogP contribution >= 0.6 is 11.6 Å². The lowest BCUT2D eigenvalue weighted by molar-refractivity contribution is -0.144. The molecular weight excluding hydrogens is 520 g/mol. The molecule has 1 saturated heterocycles. The highest BCUT2D eigenvalue weighted by molar-refractivity contribution is 6.33. The third-order valence-electron chi connectivity index (χ3n) is 7.23. The summed E-state index contributed by atoms with van der Waals surface area (Å²) >= 11 is 6.42. The summed E-state index contributed by atoms with van der Waals surface area (Å²) in [6.07, 6.45) is 1.49. The Balaban J connectivity index is 1.17. The summed E-state index contributed by atoms with van der Waals surface area (Å²) in [7, 11) is 0. The van der Waals surface area contributed by atoms with E-state index in [1.165, 1.54) is 17.0 Å². The number of nitrogens with one attached hydrogen (secondary N) is 1. The number of hydrogen-bond donors (Lipinski definition) is 2. The third kappa shape index (κ3) is 5.91. The fourth-order valence-corrected chi connectivity index (χ4v) is 5.43. The first-order chi connectivity index (χ1) is 18.3. The summed E-state index contributed by atoms with van der Waals surface area (Å²) in [4.78, 5) is 29.9. The molecule has 2 aliphatic rings. The van der Waals surface area contributed by atoms with Crippen LogP contribution in [0.3, 0.4) is 0 Å². The largest absolute Gasteiger partial charge is 0.481 e. The van der Waals surface area contributed by atoms with Crippen molar-refractivity contribution in [1.82, 2.24) is 9.88 Å². The molecule has 2 N–H and O–H groups in total. The normalized spacial score (nSPS) is 23.6. The van der Waals surface area contributed by atoms with E-state index < -0.39 is 18.0 Å². The van der Waals surface area contributed by atoms with Gasteiger partial charge in [-0.15, -0.1) is 0 Å². The quantitative estimate of drug-likeness (QED) is 0.383. The van der Waals surface area contributed by atoms with Gasteiger partial charge in [0.15, 0.2) is 11.4 Å². The van der Waals surface area contributed by atoms with Gasteiger partial charge in [-0.05, 0) is 55.5 Å². The van der Waals surface area contributed by atoms with Crippen molar-refractivity contribution >= 4 is 46.3 Å². The van der Waals surface area contributed by atoms with Crippen molar-refractivity contribution in [1.29, 1.82) is 0 Å². The van der Waals surface area contributed by atoms with Gasteiger partial charge in [0.05, 0.1) is 48.3 Å². The lowest BCUT2D eigenvalue weighted by Gasteiger charge is -2.29. The zero-order valence-electron chi connectivity index (χ0n) is 20.5. The number of carboxylic acids is 1. The predicted octanol–water partition coefficient (Wildman–Crippen LogP) is 5.51. The highest BCUT2D eigenvalue weighted by Gasteiger charge is 2.36. The lowest BCUT2D eigenvalue weighted by atomic mass is 9.87. The van der Waals surface area contributed by atoms with E-state index in [9.17, 15) is 18.4 Å². The molecule has 2 aromatic carbocycles. The van der Waals surface area contributed by atoms with Crippen molar-refractivity contribution in [3.8, 4) is 0 Å². The SMILES string of the molecule is O=C(O)C1CCC(OC[C@@H]2C[C@H](F)CN2C(=O)Cc2ccc(Nc3nc4cccc(F)c4o3)c(Cl)c2)CC1. The van der Waals surface area contributed by atoms with E-state index >= 15 is 0 Å². The first kappa shape index (κ1) is 26.4. The Kier molecular flexibility index (Phi) is 7.80. The molecule has 0 bridgehead atoms. The van der Waals surface area contributed by atoms with E-state index in [1.807, 2.05) is 0 Å². The number of aliphatic carboxylic acids is 1. The minimum Gasteiger partial charge on any atom is -0.481 e. The van der Waals surface area contributed by atoms with Gasteiger partial charge >= 0.3 is 5.97 Å². The van der Waals surface area contributed by atoms with E-state index in [0.717, 1.165) is 0 Å². The number of ether oxygens (including phenoxy) is 1. The Morgan fingerprint density at radius 1 is 1.21 bits per heavy atom. The molecule has 38 heavy (non-hydrogen) atoms. The molecule has 11 heteroatoms. The fourth-order valence-electron chi connectivity index (χ4n) is 5.18. The van der Waals surface area contributed by atoms with Crippen LogP contribution in [0.25, 0.3) is 11.1 Å². The van der Waals surface area contributed by atoms with E-state index in [4.69, 9.17) is 25.9 Å². The number of carbonyl (C=O) groups excluding carboxylic acids is 1. The van der Waals surface area contributed by atoms with E-state index in [0.29, 0.717) is 47.5 Å². The van der Waals surface area contributed by atoms with Crippen LogP contribution in [0.2, 0.25) is 5.02 Å². The second-order valence-corrected chi connectivity index (χ2v) is 10.3. The fraction of sp³-hybridized carbons (Fsp3) is 0.444. The number of fused-ring (bicyclic) bond motifs is 1. The standard InChI is InChI=1S/C27H28ClF2N3O5/c28-20-10-15(4-9-22(20)31-27-32-23-3-1-2-21(30)25(23)38-27)11-24(34)33-13-17(29)12-18(33)14-37-19-7-5-16(6-8-19)26(35)36/h1-4,9-10,16-19H,5-8,11-14H2,(H,31,32)(H,35,36)/t16?,17-,18-,19?/m0/s1. The van der Waals surface area contributed by atoms with Gasteiger partial charge in [-0.2, -0.15) is 4.98 Å². The van der Waals surface area contributed by atoms with Gasteiger partial charge in [0.25, 0.3) is 6.01 Å². The van der Waals surface area contributed by atoms with E-state index in [1.54, 1.807) is 24.3 Å². The molecule has 1 aliphatic carbocycles. The number of carbonyl (C=O) groups is 2. The molecule has 202 valence electrons.